The molecule has 0 fully saturated rings. The van der Waals surface area contributed by atoms with E-state index in [-0.39, 0.29) is 45.3 Å². The maximum atomic E-state index is 11.3. The maximum Gasteiger partial charge on any atom is 0.194 e. The zero-order valence-electron chi connectivity index (χ0n) is 11.3. The molecule has 6 heteroatoms. The van der Waals surface area contributed by atoms with Gasteiger partial charge in [-0.3, -0.25) is 0 Å². The Morgan fingerprint density at radius 2 is 1.48 bits per heavy atom. The monoisotopic (exact) mass is 386 g/mol. The van der Waals surface area contributed by atoms with Gasteiger partial charge in [0.1, 0.15) is 5.78 Å². The molecule has 2 aromatic carbocycles. The molecule has 0 atom stereocenters. The third-order valence-corrected chi connectivity index (χ3v) is 3.12. The van der Waals surface area contributed by atoms with Gasteiger partial charge in [0.25, 0.3) is 0 Å². The zero-order valence-corrected chi connectivity index (χ0v) is 14.7. The van der Waals surface area contributed by atoms with E-state index >= 15 is 0 Å². The average molecular weight is 387 g/mol. The smallest absolute Gasteiger partial charge is 0.194 e. The Morgan fingerprint density at radius 3 is 1.76 bits per heavy atom. The van der Waals surface area contributed by atoms with Gasteiger partial charge < -0.3 is 39.9 Å². The fraction of sp³-hybridized carbons (Fsp3) is 0.200. The van der Waals surface area contributed by atoms with Crippen LogP contribution in [-0.4, -0.2) is 11.6 Å². The Morgan fingerprint density at radius 1 is 1.05 bits per heavy atom. The number of rotatable bonds is 2. The summed E-state index contributed by atoms with van der Waals surface area (Å²) in [6.07, 6.45) is 0. The third-order valence-electron chi connectivity index (χ3n) is 2.55. The third kappa shape index (κ3) is 5.98. The van der Waals surface area contributed by atoms with Crippen molar-refractivity contribution in [2.24, 2.45) is 0 Å². The number of carbonyl (C=O) groups excluding carboxylic acids is 2. The van der Waals surface area contributed by atoms with E-state index in [0.29, 0.717) is 0 Å². The Kier molecular flexibility index (Phi) is 8.53. The standard InChI is InChI=1S/C10H8Cl3O2.C5H5.Fe/c1-5(14)7-3-4-8(6(2)15)9(7)10(11,12)13;1-2-4-5-3-1;/h3-4H,1-2H3;1-5H;/q-1;-5;. The van der Waals surface area contributed by atoms with E-state index in [1.807, 2.05) is 30.3 Å². The van der Waals surface area contributed by atoms with Gasteiger partial charge in [-0.25, -0.2) is 6.07 Å². The summed E-state index contributed by atoms with van der Waals surface area (Å²) in [6.45, 7) is 2.72. The van der Waals surface area contributed by atoms with Gasteiger partial charge >= 0.3 is 0 Å². The Hall–Kier alpha value is -0.571. The van der Waals surface area contributed by atoms with Crippen molar-refractivity contribution in [2.45, 2.75) is 17.6 Å². The Bertz CT molecular complexity index is 532. The second-order valence-corrected chi connectivity index (χ2v) is 6.39. The van der Waals surface area contributed by atoms with Crippen LogP contribution in [0.3, 0.4) is 0 Å². The average Bonchev–Trinajstić information content (AvgIpc) is 3.01. The summed E-state index contributed by atoms with van der Waals surface area (Å²) in [6, 6.07) is 13.0. The van der Waals surface area contributed by atoms with Crippen LogP contribution < -0.4 is 0 Å². The van der Waals surface area contributed by atoms with Crippen LogP contribution in [0.2, 0.25) is 0 Å². The van der Waals surface area contributed by atoms with Crippen LogP contribution in [0.1, 0.15) is 40.1 Å². The number of ketones is 2. The van der Waals surface area contributed by atoms with Crippen molar-refractivity contribution >= 4 is 46.4 Å². The molecule has 0 aliphatic heterocycles. The first-order valence-corrected chi connectivity index (χ1v) is 6.94. The molecule has 0 bridgehead atoms. The number of carbonyl (C=O) groups is 2. The fourth-order valence-corrected chi connectivity index (χ4v) is 2.30. The molecule has 0 unspecified atom stereocenters. The Balaban J connectivity index is 0.000000562. The number of hydrogen-bond donors (Lipinski definition) is 0. The second kappa shape index (κ2) is 8.77. The molecule has 120 valence electrons. The molecule has 0 saturated heterocycles. The minimum atomic E-state index is -1.76. The Labute approximate surface area is 149 Å². The van der Waals surface area contributed by atoms with Gasteiger partial charge in [0.05, 0.1) is 5.78 Å². The molecule has 21 heavy (non-hydrogen) atoms. The summed E-state index contributed by atoms with van der Waals surface area (Å²) in [5.41, 5.74) is 0.730. The first kappa shape index (κ1) is 20.4. The molecule has 0 saturated carbocycles. The number of hydrogen-bond acceptors (Lipinski definition) is 2. The summed E-state index contributed by atoms with van der Waals surface area (Å²) in [4.78, 5) is 22.5. The van der Waals surface area contributed by atoms with Crippen molar-refractivity contribution in [2.75, 3.05) is 0 Å². The SMILES string of the molecule is CC(=O)c1cc[c-](C(C)=O)c1C(Cl)(Cl)Cl.[Fe].[cH-]1[cH-][cH-][cH-][cH-]1. The van der Waals surface area contributed by atoms with Gasteiger partial charge in [-0.2, -0.15) is 6.07 Å². The van der Waals surface area contributed by atoms with Gasteiger partial charge in [-0.15, -0.1) is 5.56 Å². The van der Waals surface area contributed by atoms with Crippen molar-refractivity contribution in [1.29, 1.82) is 0 Å². The van der Waals surface area contributed by atoms with E-state index in [1.54, 1.807) is 0 Å². The number of halogens is 3. The molecule has 0 aliphatic rings. The van der Waals surface area contributed by atoms with Gasteiger partial charge in [0.15, 0.2) is 3.79 Å². The molecule has 0 aliphatic carbocycles. The predicted octanol–water partition coefficient (Wildman–Crippen LogP) is 5.04. The molecule has 0 N–H and O–H groups in total. The largest absolute Gasteiger partial charge is 0.748 e. The van der Waals surface area contributed by atoms with Crippen LogP contribution in [0.15, 0.2) is 42.5 Å². The molecule has 0 heterocycles. The van der Waals surface area contributed by atoms with E-state index in [0.717, 1.165) is 0 Å². The second-order valence-electron chi connectivity index (χ2n) is 4.11. The summed E-state index contributed by atoms with van der Waals surface area (Å²) in [5.74, 6) is -0.465. The van der Waals surface area contributed by atoms with Gasteiger partial charge in [-0.05, 0) is 13.8 Å². The minimum Gasteiger partial charge on any atom is -0.748 e. The van der Waals surface area contributed by atoms with Crippen molar-refractivity contribution in [1.82, 2.24) is 0 Å². The van der Waals surface area contributed by atoms with Crippen LogP contribution >= 0.6 is 34.8 Å². The van der Waals surface area contributed by atoms with E-state index in [9.17, 15) is 9.59 Å². The molecule has 2 aromatic rings. The summed E-state index contributed by atoms with van der Waals surface area (Å²) in [5, 5.41) is 0. The van der Waals surface area contributed by atoms with Crippen LogP contribution in [0.4, 0.5) is 0 Å². The van der Waals surface area contributed by atoms with Crippen LogP contribution in [0.5, 0.6) is 0 Å². The molecular weight excluding hydrogens is 374 g/mol. The summed E-state index contributed by atoms with van der Waals surface area (Å²) < 4.78 is -1.76. The normalized spacial score (nSPS) is 10.1. The van der Waals surface area contributed by atoms with Crippen molar-refractivity contribution in [3.63, 3.8) is 0 Å². The molecule has 0 spiro atoms. The van der Waals surface area contributed by atoms with E-state index in [4.69, 9.17) is 34.8 Å². The zero-order chi connectivity index (χ0) is 15.3. The first-order chi connectivity index (χ1) is 9.25. The van der Waals surface area contributed by atoms with Gasteiger partial charge in [0, 0.05) is 17.1 Å². The van der Waals surface area contributed by atoms with Gasteiger partial charge in [-0.1, -0.05) is 45.9 Å². The van der Waals surface area contributed by atoms with Crippen molar-refractivity contribution in [3.8, 4) is 0 Å². The first-order valence-electron chi connectivity index (χ1n) is 5.80. The van der Waals surface area contributed by atoms with Crippen molar-refractivity contribution in [3.05, 3.63) is 59.2 Å². The van der Waals surface area contributed by atoms with Gasteiger partial charge in [0.2, 0.25) is 0 Å². The maximum absolute atomic E-state index is 11.3. The number of Topliss-reactive ketones (excluding diaryl/α,β-unsaturated/α-hetero) is 2. The predicted molar refractivity (Wildman–Crippen MR) is 83.3 cm³/mol. The van der Waals surface area contributed by atoms with E-state index < -0.39 is 3.79 Å². The molecule has 0 aromatic heterocycles. The fourth-order valence-electron chi connectivity index (χ4n) is 1.69. The van der Waals surface area contributed by atoms with Crippen LogP contribution in [0.25, 0.3) is 0 Å². The van der Waals surface area contributed by atoms with E-state index in [1.165, 1.54) is 26.0 Å². The topological polar surface area (TPSA) is 34.1 Å². The summed E-state index contributed by atoms with van der Waals surface area (Å²) in [7, 11) is 0. The molecular formula is C15H13Cl3FeO2-6. The number of alkyl halides is 3. The molecule has 2 nitrogen and oxygen atoms in total. The van der Waals surface area contributed by atoms with E-state index in [2.05, 4.69) is 0 Å². The molecule has 0 radical (unpaired) electrons. The summed E-state index contributed by atoms with van der Waals surface area (Å²) >= 11 is 17.2. The molecule has 2 rings (SSSR count). The minimum absolute atomic E-state index is 0. The van der Waals surface area contributed by atoms with Crippen molar-refractivity contribution < 1.29 is 26.7 Å². The quantitative estimate of drug-likeness (QED) is 0.313. The van der Waals surface area contributed by atoms with Crippen LogP contribution in [0, 0.1) is 0 Å². The van der Waals surface area contributed by atoms with Crippen LogP contribution in [-0.2, 0) is 20.9 Å². The molecule has 0 amide bonds.